The fraction of sp³-hybridized carbons (Fsp3) is 0.278. The standard InChI is InChI=1S/C18H19NOS/c20-17(11-10-15-7-2-1-3-8-15)19-18(12-4-5-13-18)16-9-6-14-21-16/h1-3,6-11,14H,4-5,12-13H2,(H,19,20)/b11-10+. The quantitative estimate of drug-likeness (QED) is 0.835. The molecule has 108 valence electrons. The van der Waals surface area contributed by atoms with E-state index in [1.165, 1.54) is 17.7 Å². The molecule has 1 aromatic heterocycles. The first kappa shape index (κ1) is 14.1. The molecule has 1 N–H and O–H groups in total. The van der Waals surface area contributed by atoms with Gasteiger partial charge in [-0.05, 0) is 35.9 Å². The molecule has 1 aromatic carbocycles. The molecule has 2 nitrogen and oxygen atoms in total. The number of hydrogen-bond donors (Lipinski definition) is 1. The van der Waals surface area contributed by atoms with Gasteiger partial charge in [0.1, 0.15) is 0 Å². The lowest BCUT2D eigenvalue weighted by molar-refractivity contribution is -0.118. The summed E-state index contributed by atoms with van der Waals surface area (Å²) in [6.07, 6.45) is 7.95. The highest BCUT2D eigenvalue weighted by molar-refractivity contribution is 7.10. The molecule has 1 amide bonds. The molecule has 1 aliphatic carbocycles. The summed E-state index contributed by atoms with van der Waals surface area (Å²) in [6.45, 7) is 0. The summed E-state index contributed by atoms with van der Waals surface area (Å²) >= 11 is 1.74. The minimum absolute atomic E-state index is 0.00541. The maximum atomic E-state index is 12.3. The van der Waals surface area contributed by atoms with Crippen molar-refractivity contribution in [1.29, 1.82) is 0 Å². The van der Waals surface area contributed by atoms with Crippen LogP contribution in [0, 0.1) is 0 Å². The molecule has 3 heteroatoms. The molecule has 0 saturated heterocycles. The Morgan fingerprint density at radius 1 is 1.10 bits per heavy atom. The van der Waals surface area contributed by atoms with Crippen molar-refractivity contribution in [3.63, 3.8) is 0 Å². The lowest BCUT2D eigenvalue weighted by Crippen LogP contribution is -2.42. The first-order valence-electron chi connectivity index (χ1n) is 7.38. The number of benzene rings is 1. The smallest absolute Gasteiger partial charge is 0.244 e. The summed E-state index contributed by atoms with van der Waals surface area (Å²) in [4.78, 5) is 13.6. The Hall–Kier alpha value is -1.87. The lowest BCUT2D eigenvalue weighted by Gasteiger charge is -2.28. The third-order valence-electron chi connectivity index (χ3n) is 4.04. The van der Waals surface area contributed by atoms with E-state index in [4.69, 9.17) is 0 Å². The Morgan fingerprint density at radius 2 is 1.86 bits per heavy atom. The van der Waals surface area contributed by atoms with Crippen molar-refractivity contribution in [2.75, 3.05) is 0 Å². The van der Waals surface area contributed by atoms with E-state index in [1.54, 1.807) is 17.4 Å². The van der Waals surface area contributed by atoms with E-state index in [0.717, 1.165) is 18.4 Å². The normalized spacial score (nSPS) is 17.1. The second kappa shape index (κ2) is 6.27. The highest BCUT2D eigenvalue weighted by Gasteiger charge is 2.37. The van der Waals surface area contributed by atoms with Gasteiger partial charge in [0.25, 0.3) is 0 Å². The van der Waals surface area contributed by atoms with Crippen molar-refractivity contribution in [2.45, 2.75) is 31.2 Å². The Morgan fingerprint density at radius 3 is 2.52 bits per heavy atom. The molecule has 3 rings (SSSR count). The van der Waals surface area contributed by atoms with Crippen LogP contribution >= 0.6 is 11.3 Å². The van der Waals surface area contributed by atoms with Gasteiger partial charge >= 0.3 is 0 Å². The van der Waals surface area contributed by atoms with Crippen LogP contribution in [0.15, 0.2) is 53.9 Å². The Balaban J connectivity index is 1.72. The largest absolute Gasteiger partial charge is 0.342 e. The van der Waals surface area contributed by atoms with Gasteiger partial charge in [0.2, 0.25) is 5.91 Å². The third-order valence-corrected chi connectivity index (χ3v) is 5.11. The summed E-state index contributed by atoms with van der Waals surface area (Å²) in [5.74, 6) is -0.00541. The SMILES string of the molecule is O=C(/C=C/c1ccccc1)NC1(c2cccs2)CCCC1. The molecular weight excluding hydrogens is 278 g/mol. The van der Waals surface area contributed by atoms with Crippen LogP contribution in [0.4, 0.5) is 0 Å². The highest BCUT2D eigenvalue weighted by Crippen LogP contribution is 2.40. The monoisotopic (exact) mass is 297 g/mol. The number of nitrogens with one attached hydrogen (secondary N) is 1. The van der Waals surface area contributed by atoms with Crippen LogP contribution in [0.2, 0.25) is 0 Å². The maximum absolute atomic E-state index is 12.3. The zero-order valence-electron chi connectivity index (χ0n) is 11.9. The van der Waals surface area contributed by atoms with Crippen LogP contribution in [0.1, 0.15) is 36.1 Å². The number of carbonyl (C=O) groups excluding carboxylic acids is 1. The van der Waals surface area contributed by atoms with Crippen molar-refractivity contribution >= 4 is 23.3 Å². The predicted octanol–water partition coefficient (Wildman–Crippen LogP) is 4.35. The zero-order valence-corrected chi connectivity index (χ0v) is 12.7. The van der Waals surface area contributed by atoms with E-state index in [1.807, 2.05) is 36.4 Å². The van der Waals surface area contributed by atoms with Gasteiger partial charge in [0, 0.05) is 11.0 Å². The summed E-state index contributed by atoms with van der Waals surface area (Å²) < 4.78 is 0. The summed E-state index contributed by atoms with van der Waals surface area (Å²) in [6, 6.07) is 14.1. The van der Waals surface area contributed by atoms with Gasteiger partial charge in [-0.15, -0.1) is 11.3 Å². The van der Waals surface area contributed by atoms with Crippen molar-refractivity contribution < 1.29 is 4.79 Å². The molecule has 0 radical (unpaired) electrons. The van der Waals surface area contributed by atoms with Crippen LogP contribution in [0.3, 0.4) is 0 Å². The predicted molar refractivity (Wildman–Crippen MR) is 88.1 cm³/mol. The maximum Gasteiger partial charge on any atom is 0.244 e. The van der Waals surface area contributed by atoms with Crippen LogP contribution in [-0.2, 0) is 10.3 Å². The van der Waals surface area contributed by atoms with Crippen LogP contribution in [0.25, 0.3) is 6.08 Å². The molecule has 1 saturated carbocycles. The van der Waals surface area contributed by atoms with Crippen LogP contribution in [-0.4, -0.2) is 5.91 Å². The van der Waals surface area contributed by atoms with E-state index in [0.29, 0.717) is 0 Å². The number of thiophene rings is 1. The molecule has 2 aromatic rings. The van der Waals surface area contributed by atoms with Crippen molar-refractivity contribution in [3.05, 3.63) is 64.4 Å². The second-order valence-electron chi connectivity index (χ2n) is 5.50. The molecule has 0 unspecified atom stereocenters. The number of hydrogen-bond acceptors (Lipinski definition) is 2. The van der Waals surface area contributed by atoms with Crippen molar-refractivity contribution in [3.8, 4) is 0 Å². The van der Waals surface area contributed by atoms with Gasteiger partial charge in [-0.3, -0.25) is 4.79 Å². The molecule has 1 aliphatic rings. The van der Waals surface area contributed by atoms with Gasteiger partial charge in [-0.2, -0.15) is 0 Å². The molecule has 0 spiro atoms. The summed E-state index contributed by atoms with van der Waals surface area (Å²) in [5.41, 5.74) is 0.899. The van der Waals surface area contributed by atoms with Gasteiger partial charge in [-0.1, -0.05) is 49.2 Å². The van der Waals surface area contributed by atoms with E-state index >= 15 is 0 Å². The molecule has 0 atom stereocenters. The minimum Gasteiger partial charge on any atom is -0.342 e. The molecular formula is C18H19NOS. The first-order valence-corrected chi connectivity index (χ1v) is 8.26. The second-order valence-corrected chi connectivity index (χ2v) is 6.45. The number of rotatable bonds is 4. The van der Waals surface area contributed by atoms with Crippen LogP contribution in [0.5, 0.6) is 0 Å². The van der Waals surface area contributed by atoms with E-state index in [9.17, 15) is 4.79 Å². The van der Waals surface area contributed by atoms with Gasteiger partial charge < -0.3 is 5.32 Å². The van der Waals surface area contributed by atoms with E-state index in [2.05, 4.69) is 22.8 Å². The average Bonchev–Trinajstić information content (AvgIpc) is 3.18. The molecule has 0 aliphatic heterocycles. The Kier molecular flexibility index (Phi) is 4.20. The topological polar surface area (TPSA) is 29.1 Å². The third kappa shape index (κ3) is 3.24. The van der Waals surface area contributed by atoms with E-state index in [-0.39, 0.29) is 11.4 Å². The van der Waals surface area contributed by atoms with Gasteiger partial charge in [-0.25, -0.2) is 0 Å². The van der Waals surface area contributed by atoms with Gasteiger partial charge in [0.15, 0.2) is 0 Å². The first-order chi connectivity index (χ1) is 10.3. The molecule has 1 fully saturated rings. The molecule has 21 heavy (non-hydrogen) atoms. The fourth-order valence-corrected chi connectivity index (χ4v) is 3.92. The summed E-state index contributed by atoms with van der Waals surface area (Å²) in [7, 11) is 0. The lowest BCUT2D eigenvalue weighted by atomic mass is 9.95. The highest BCUT2D eigenvalue weighted by atomic mass is 32.1. The van der Waals surface area contributed by atoms with Gasteiger partial charge in [0.05, 0.1) is 5.54 Å². The van der Waals surface area contributed by atoms with Crippen molar-refractivity contribution in [2.24, 2.45) is 0 Å². The number of carbonyl (C=O) groups is 1. The van der Waals surface area contributed by atoms with Crippen molar-refractivity contribution in [1.82, 2.24) is 5.32 Å². The molecule has 1 heterocycles. The Bertz CT molecular complexity index is 610. The Labute approximate surface area is 129 Å². The van der Waals surface area contributed by atoms with E-state index < -0.39 is 0 Å². The zero-order chi connectivity index (χ0) is 14.5. The summed E-state index contributed by atoms with van der Waals surface area (Å²) in [5, 5.41) is 5.33. The fourth-order valence-electron chi connectivity index (χ4n) is 2.98. The number of amides is 1. The van der Waals surface area contributed by atoms with Crippen LogP contribution < -0.4 is 5.32 Å². The minimum atomic E-state index is -0.147. The molecule has 0 bridgehead atoms. The average molecular weight is 297 g/mol.